The van der Waals surface area contributed by atoms with Crippen molar-refractivity contribution in [3.63, 3.8) is 0 Å². The van der Waals surface area contributed by atoms with Crippen LogP contribution in [-0.2, 0) is 13.1 Å². The summed E-state index contributed by atoms with van der Waals surface area (Å²) in [6, 6.07) is 6.76. The number of anilines is 1. The number of ether oxygens (including phenoxy) is 1. The lowest BCUT2D eigenvalue weighted by molar-refractivity contribution is 0.286. The van der Waals surface area contributed by atoms with E-state index in [2.05, 4.69) is 37.5 Å². The summed E-state index contributed by atoms with van der Waals surface area (Å²) in [5.41, 5.74) is 9.25. The molecule has 0 atom stereocenters. The maximum Gasteiger partial charge on any atom is 0.328 e. The number of unbranched alkanes of at least 4 members (excludes halogenated alkanes) is 1. The van der Waals surface area contributed by atoms with Crippen molar-refractivity contribution in [3.8, 4) is 6.01 Å². The molecule has 33 heavy (non-hydrogen) atoms. The highest BCUT2D eigenvalue weighted by Gasteiger charge is 2.17. The molecule has 1 aliphatic carbocycles. The first kappa shape index (κ1) is 21.4. The van der Waals surface area contributed by atoms with E-state index in [9.17, 15) is 4.79 Å². The predicted octanol–water partition coefficient (Wildman–Crippen LogP) is 1.82. The third-order valence-corrected chi connectivity index (χ3v) is 6.14. The van der Waals surface area contributed by atoms with Gasteiger partial charge in [-0.2, -0.15) is 9.97 Å². The Balaban J connectivity index is 1.36. The van der Waals surface area contributed by atoms with Crippen LogP contribution in [0, 0.1) is 0 Å². The van der Waals surface area contributed by atoms with E-state index in [1.807, 2.05) is 22.9 Å². The van der Waals surface area contributed by atoms with E-state index in [-0.39, 0.29) is 17.5 Å². The molecule has 5 rings (SSSR count). The molecule has 1 aromatic carbocycles. The molecule has 11 heteroatoms. The van der Waals surface area contributed by atoms with Crippen molar-refractivity contribution < 1.29 is 4.74 Å². The topological polar surface area (TPSA) is 142 Å². The number of nitrogens with two attached hydrogens (primary N) is 1. The Morgan fingerprint density at radius 2 is 2.18 bits per heavy atom. The van der Waals surface area contributed by atoms with Gasteiger partial charge in [0, 0.05) is 12.6 Å². The van der Waals surface area contributed by atoms with Crippen LogP contribution in [-0.4, -0.2) is 53.7 Å². The molecular weight excluding hydrogens is 422 g/mol. The van der Waals surface area contributed by atoms with Crippen molar-refractivity contribution in [1.29, 1.82) is 0 Å². The minimum absolute atomic E-state index is 0.176. The molecule has 0 radical (unpaired) electrons. The van der Waals surface area contributed by atoms with Crippen molar-refractivity contribution in [2.45, 2.75) is 58.2 Å². The Morgan fingerprint density at radius 1 is 1.30 bits per heavy atom. The number of nitrogens with one attached hydrogen (secondary N) is 2. The lowest BCUT2D eigenvalue weighted by Gasteiger charge is -2.26. The number of fused-ring (bicyclic) bond motifs is 2. The van der Waals surface area contributed by atoms with Crippen molar-refractivity contribution in [3.05, 3.63) is 34.2 Å². The Morgan fingerprint density at radius 3 is 2.97 bits per heavy atom. The van der Waals surface area contributed by atoms with Crippen molar-refractivity contribution in [2.24, 2.45) is 0 Å². The largest absolute Gasteiger partial charge is 0.463 e. The minimum Gasteiger partial charge on any atom is -0.463 e. The zero-order chi connectivity index (χ0) is 22.8. The highest BCUT2D eigenvalue weighted by Crippen LogP contribution is 2.20. The van der Waals surface area contributed by atoms with E-state index in [4.69, 9.17) is 10.5 Å². The molecule has 3 heterocycles. The average molecular weight is 452 g/mol. The smallest absolute Gasteiger partial charge is 0.328 e. The van der Waals surface area contributed by atoms with Gasteiger partial charge in [-0.3, -0.25) is 4.57 Å². The quantitative estimate of drug-likeness (QED) is 0.310. The second kappa shape index (κ2) is 9.18. The molecule has 1 aliphatic rings. The molecule has 11 nitrogen and oxygen atoms in total. The summed E-state index contributed by atoms with van der Waals surface area (Å²) in [7, 11) is 0. The molecule has 0 unspecified atom stereocenters. The summed E-state index contributed by atoms with van der Waals surface area (Å²) >= 11 is 0. The Bertz CT molecular complexity index is 1320. The van der Waals surface area contributed by atoms with E-state index in [1.54, 1.807) is 0 Å². The van der Waals surface area contributed by atoms with Crippen LogP contribution in [0.25, 0.3) is 22.2 Å². The van der Waals surface area contributed by atoms with Crippen LogP contribution in [0.3, 0.4) is 0 Å². The summed E-state index contributed by atoms with van der Waals surface area (Å²) in [5, 5.41) is 12.2. The van der Waals surface area contributed by atoms with Gasteiger partial charge in [0.15, 0.2) is 11.5 Å². The van der Waals surface area contributed by atoms with E-state index in [0.717, 1.165) is 42.5 Å². The number of aromatic amines is 1. The van der Waals surface area contributed by atoms with Crippen molar-refractivity contribution in [1.82, 2.24) is 39.8 Å². The van der Waals surface area contributed by atoms with Crippen LogP contribution in [0.2, 0.25) is 0 Å². The number of nitrogens with zero attached hydrogens (tertiary/aromatic N) is 6. The van der Waals surface area contributed by atoms with Crippen LogP contribution in [0.1, 0.15) is 44.6 Å². The third-order valence-electron chi connectivity index (χ3n) is 6.14. The number of aromatic nitrogens is 7. The zero-order valence-electron chi connectivity index (χ0n) is 18.8. The van der Waals surface area contributed by atoms with Gasteiger partial charge >= 0.3 is 11.7 Å². The van der Waals surface area contributed by atoms with Gasteiger partial charge in [-0.25, -0.2) is 9.48 Å². The van der Waals surface area contributed by atoms with Gasteiger partial charge in [-0.1, -0.05) is 31.0 Å². The molecule has 0 amide bonds. The second-order valence-corrected chi connectivity index (χ2v) is 8.53. The van der Waals surface area contributed by atoms with Gasteiger partial charge in [0.2, 0.25) is 0 Å². The summed E-state index contributed by atoms with van der Waals surface area (Å²) in [6.45, 7) is 4.53. The van der Waals surface area contributed by atoms with Gasteiger partial charge in [0.25, 0.3) is 0 Å². The van der Waals surface area contributed by atoms with E-state index in [1.165, 1.54) is 23.8 Å². The Kier molecular flexibility index (Phi) is 5.95. The third kappa shape index (κ3) is 4.40. The molecule has 0 saturated heterocycles. The fourth-order valence-electron chi connectivity index (χ4n) is 4.00. The van der Waals surface area contributed by atoms with Gasteiger partial charge in [0.05, 0.1) is 25.2 Å². The maximum absolute atomic E-state index is 12.6. The minimum atomic E-state index is -0.303. The van der Waals surface area contributed by atoms with Crippen LogP contribution in [0.5, 0.6) is 6.01 Å². The molecule has 4 aromatic rings. The van der Waals surface area contributed by atoms with Crippen LogP contribution >= 0.6 is 0 Å². The number of imidazole rings is 1. The highest BCUT2D eigenvalue weighted by molar-refractivity contribution is 5.82. The summed E-state index contributed by atoms with van der Waals surface area (Å²) in [4.78, 5) is 24.0. The monoisotopic (exact) mass is 451 g/mol. The number of rotatable bonds is 10. The Hall–Kier alpha value is -3.47. The van der Waals surface area contributed by atoms with Crippen LogP contribution < -0.4 is 21.5 Å². The number of H-pyrrole nitrogens is 1. The molecule has 3 aromatic heterocycles. The van der Waals surface area contributed by atoms with Gasteiger partial charge in [-0.15, -0.1) is 5.10 Å². The predicted molar refractivity (Wildman–Crippen MR) is 125 cm³/mol. The molecule has 0 bridgehead atoms. The van der Waals surface area contributed by atoms with E-state index in [0.29, 0.717) is 30.4 Å². The molecule has 0 aliphatic heterocycles. The van der Waals surface area contributed by atoms with E-state index >= 15 is 0 Å². The number of hydrogen-bond donors (Lipinski definition) is 3. The number of hydrogen-bond acceptors (Lipinski definition) is 8. The lowest BCUT2D eigenvalue weighted by atomic mass is 9.93. The normalized spacial score (nSPS) is 14.2. The first-order valence-electron chi connectivity index (χ1n) is 11.6. The summed E-state index contributed by atoms with van der Waals surface area (Å²) in [6.07, 6.45) is 5.72. The molecule has 1 fully saturated rings. The SMILES string of the molecule is CCCCOc1nc(N)c2[nH]c(=O)n(Cc3ccc4c(c3)nnn4CCNC3CCC3)c2n1. The molecule has 0 spiro atoms. The molecule has 4 N–H and O–H groups in total. The standard InChI is InChI=1S/C22H29N9O2/c1-2-3-11-33-21-26-19(23)18-20(27-21)30(22(32)25-18)13-14-7-8-17-16(12-14)28-29-31(17)10-9-24-15-5-4-6-15/h7-8,12,15,24H,2-6,9-11,13H2,1H3,(H,25,32)(H2,23,26,27). The fraction of sp³-hybridized carbons (Fsp3) is 0.500. The number of benzene rings is 1. The average Bonchev–Trinajstić information content (AvgIpc) is 3.31. The second-order valence-electron chi connectivity index (χ2n) is 8.53. The van der Waals surface area contributed by atoms with E-state index < -0.39 is 0 Å². The first-order valence-corrected chi connectivity index (χ1v) is 11.6. The zero-order valence-corrected chi connectivity index (χ0v) is 18.8. The lowest BCUT2D eigenvalue weighted by Crippen LogP contribution is -2.37. The first-order chi connectivity index (χ1) is 16.1. The Labute approximate surface area is 190 Å². The maximum atomic E-state index is 12.6. The summed E-state index contributed by atoms with van der Waals surface area (Å²) < 4.78 is 9.06. The molecule has 1 saturated carbocycles. The summed E-state index contributed by atoms with van der Waals surface area (Å²) in [5.74, 6) is 0.191. The molecule has 174 valence electrons. The van der Waals surface area contributed by atoms with Gasteiger partial charge in [0.1, 0.15) is 11.0 Å². The highest BCUT2D eigenvalue weighted by atomic mass is 16.5. The number of nitrogen functional groups attached to an aromatic ring is 1. The van der Waals surface area contributed by atoms with Crippen molar-refractivity contribution in [2.75, 3.05) is 18.9 Å². The van der Waals surface area contributed by atoms with Gasteiger partial charge < -0.3 is 20.8 Å². The van der Waals surface area contributed by atoms with Crippen LogP contribution in [0.15, 0.2) is 23.0 Å². The molecular formula is C22H29N9O2. The van der Waals surface area contributed by atoms with Crippen LogP contribution in [0.4, 0.5) is 5.82 Å². The fourth-order valence-corrected chi connectivity index (χ4v) is 4.00. The van der Waals surface area contributed by atoms with Crippen molar-refractivity contribution >= 4 is 28.0 Å². The van der Waals surface area contributed by atoms with Gasteiger partial charge in [-0.05, 0) is 37.0 Å².